The van der Waals surface area contributed by atoms with Gasteiger partial charge in [0.1, 0.15) is 5.69 Å². The van der Waals surface area contributed by atoms with E-state index in [1.807, 2.05) is 23.6 Å². The van der Waals surface area contributed by atoms with Crippen molar-refractivity contribution in [3.63, 3.8) is 0 Å². The zero-order chi connectivity index (χ0) is 12.0. The highest BCUT2D eigenvalue weighted by atomic mass is 35.5. The largest absolute Gasteiger partial charge is 0.274 e. The molecule has 0 aromatic carbocycles. The van der Waals surface area contributed by atoms with Crippen LogP contribution in [0.15, 0.2) is 10.9 Å². The average Bonchev–Trinajstić information content (AvgIpc) is 2.94. The maximum absolute atomic E-state index is 6.06. The molecule has 0 aliphatic rings. The van der Waals surface area contributed by atoms with E-state index in [1.165, 1.54) is 11.3 Å². The lowest BCUT2D eigenvalue weighted by molar-refractivity contribution is 0.996. The van der Waals surface area contributed by atoms with Gasteiger partial charge in [0.25, 0.3) is 0 Å². The van der Waals surface area contributed by atoms with Gasteiger partial charge in [0.15, 0.2) is 16.6 Å². The van der Waals surface area contributed by atoms with Crippen LogP contribution >= 0.6 is 22.9 Å². The van der Waals surface area contributed by atoms with E-state index in [0.29, 0.717) is 16.6 Å². The van der Waals surface area contributed by atoms with Gasteiger partial charge < -0.3 is 0 Å². The van der Waals surface area contributed by atoms with Crippen molar-refractivity contribution in [1.82, 2.24) is 24.6 Å². The molecule has 0 atom stereocenters. The zero-order valence-corrected chi connectivity index (χ0v) is 10.7. The monoisotopic (exact) mass is 265 g/mol. The lowest BCUT2D eigenvalue weighted by Gasteiger charge is -2.05. The normalized spacial score (nSPS) is 11.2. The molecule has 0 radical (unpaired) electrons. The number of nitrogens with zero attached hydrogens (tertiary/aromatic N) is 5. The Morgan fingerprint density at radius 3 is 2.82 bits per heavy atom. The maximum Gasteiger partial charge on any atom is 0.199 e. The summed E-state index contributed by atoms with van der Waals surface area (Å²) in [7, 11) is 0. The van der Waals surface area contributed by atoms with Crippen LogP contribution in [-0.4, -0.2) is 24.6 Å². The maximum atomic E-state index is 6.06. The van der Waals surface area contributed by atoms with Crippen LogP contribution in [0.5, 0.6) is 0 Å². The summed E-state index contributed by atoms with van der Waals surface area (Å²) in [6.07, 6.45) is 0. The van der Waals surface area contributed by atoms with E-state index in [0.717, 1.165) is 17.1 Å². The molecule has 0 amide bonds. The summed E-state index contributed by atoms with van der Waals surface area (Å²) in [4.78, 5) is 8.46. The Kier molecular flexibility index (Phi) is 2.34. The van der Waals surface area contributed by atoms with Gasteiger partial charge in [0.05, 0.1) is 11.2 Å². The van der Waals surface area contributed by atoms with E-state index in [9.17, 15) is 0 Å². The van der Waals surface area contributed by atoms with Crippen LogP contribution in [0.1, 0.15) is 11.4 Å². The summed E-state index contributed by atoms with van der Waals surface area (Å²) in [6, 6.07) is 0. The number of thiazole rings is 1. The van der Waals surface area contributed by atoms with Gasteiger partial charge in [-0.25, -0.2) is 9.97 Å². The topological polar surface area (TPSA) is 56.0 Å². The highest BCUT2D eigenvalue weighted by Gasteiger charge is 2.16. The van der Waals surface area contributed by atoms with Gasteiger partial charge in [-0.3, -0.25) is 4.40 Å². The second-order valence-electron chi connectivity index (χ2n) is 3.63. The van der Waals surface area contributed by atoms with Crippen molar-refractivity contribution in [1.29, 1.82) is 0 Å². The standard InChI is InChI=1S/C10H8ClN5S/c1-5-6(2)16-9(7-3-17-4-12-7)14-15-10(16)8(11)13-5/h3-4H,1-2H3. The molecule has 3 aromatic heterocycles. The first kappa shape index (κ1) is 10.6. The van der Waals surface area contributed by atoms with Crippen molar-refractivity contribution < 1.29 is 0 Å². The Balaban J connectivity index is 2.42. The van der Waals surface area contributed by atoms with E-state index < -0.39 is 0 Å². The van der Waals surface area contributed by atoms with Crippen molar-refractivity contribution in [2.24, 2.45) is 0 Å². The summed E-state index contributed by atoms with van der Waals surface area (Å²) in [6.45, 7) is 3.87. The minimum absolute atomic E-state index is 0.363. The second-order valence-corrected chi connectivity index (χ2v) is 4.71. The molecule has 5 nitrogen and oxygen atoms in total. The Morgan fingerprint density at radius 1 is 1.29 bits per heavy atom. The summed E-state index contributed by atoms with van der Waals surface area (Å²) in [5.41, 5.74) is 4.96. The molecule has 7 heteroatoms. The Bertz CT molecular complexity index is 688. The van der Waals surface area contributed by atoms with Crippen LogP contribution in [0.3, 0.4) is 0 Å². The van der Waals surface area contributed by atoms with Gasteiger partial charge in [-0.05, 0) is 13.8 Å². The molecule has 3 rings (SSSR count). The molecule has 0 bridgehead atoms. The van der Waals surface area contributed by atoms with Crippen LogP contribution in [0.25, 0.3) is 17.2 Å². The first-order valence-electron chi connectivity index (χ1n) is 4.95. The molecule has 0 spiro atoms. The lowest BCUT2D eigenvalue weighted by Crippen LogP contribution is -2.00. The Morgan fingerprint density at radius 2 is 2.12 bits per heavy atom. The van der Waals surface area contributed by atoms with Gasteiger partial charge in [-0.1, -0.05) is 11.6 Å². The van der Waals surface area contributed by atoms with Crippen molar-refractivity contribution in [2.75, 3.05) is 0 Å². The SMILES string of the molecule is Cc1nc(Cl)c2nnc(-c3cscn3)n2c1C. The summed E-state index contributed by atoms with van der Waals surface area (Å²) >= 11 is 7.58. The molecule has 3 heterocycles. The molecule has 17 heavy (non-hydrogen) atoms. The smallest absolute Gasteiger partial charge is 0.199 e. The molecular formula is C10H8ClN5S. The molecule has 0 fully saturated rings. The number of rotatable bonds is 1. The predicted octanol–water partition coefficient (Wildman–Crippen LogP) is 2.52. The van der Waals surface area contributed by atoms with Gasteiger partial charge in [0, 0.05) is 11.1 Å². The minimum Gasteiger partial charge on any atom is -0.274 e. The second kappa shape index (κ2) is 3.75. The fourth-order valence-electron chi connectivity index (χ4n) is 1.66. The third kappa shape index (κ3) is 1.52. The molecule has 0 aliphatic heterocycles. The van der Waals surface area contributed by atoms with E-state index in [1.54, 1.807) is 5.51 Å². The van der Waals surface area contributed by atoms with Crippen LogP contribution in [0.4, 0.5) is 0 Å². The number of hydrogen-bond donors (Lipinski definition) is 0. The molecule has 3 aromatic rings. The summed E-state index contributed by atoms with van der Waals surface area (Å²) in [5, 5.41) is 10.5. The molecule has 86 valence electrons. The summed E-state index contributed by atoms with van der Waals surface area (Å²) in [5.74, 6) is 0.700. The van der Waals surface area contributed by atoms with Gasteiger partial charge in [-0.15, -0.1) is 21.5 Å². The van der Waals surface area contributed by atoms with E-state index in [2.05, 4.69) is 20.2 Å². The van der Waals surface area contributed by atoms with E-state index in [4.69, 9.17) is 11.6 Å². The van der Waals surface area contributed by atoms with Gasteiger partial charge >= 0.3 is 0 Å². The van der Waals surface area contributed by atoms with Gasteiger partial charge in [-0.2, -0.15) is 0 Å². The van der Waals surface area contributed by atoms with E-state index >= 15 is 0 Å². The third-order valence-corrected chi connectivity index (χ3v) is 3.47. The van der Waals surface area contributed by atoms with E-state index in [-0.39, 0.29) is 0 Å². The molecule has 0 aliphatic carbocycles. The number of aryl methyl sites for hydroxylation is 2. The van der Waals surface area contributed by atoms with Crippen molar-refractivity contribution in [3.05, 3.63) is 27.4 Å². The highest BCUT2D eigenvalue weighted by molar-refractivity contribution is 7.07. The predicted molar refractivity (Wildman–Crippen MR) is 66.4 cm³/mol. The molecule has 0 saturated carbocycles. The van der Waals surface area contributed by atoms with Crippen molar-refractivity contribution >= 4 is 28.6 Å². The molecule has 0 saturated heterocycles. The number of halogens is 1. The fourth-order valence-corrected chi connectivity index (χ4v) is 2.44. The average molecular weight is 266 g/mol. The third-order valence-electron chi connectivity index (χ3n) is 2.63. The summed E-state index contributed by atoms with van der Waals surface area (Å²) < 4.78 is 1.89. The molecule has 0 N–H and O–H groups in total. The zero-order valence-electron chi connectivity index (χ0n) is 9.18. The van der Waals surface area contributed by atoms with Gasteiger partial charge in [0.2, 0.25) is 0 Å². The fraction of sp³-hybridized carbons (Fsp3) is 0.200. The van der Waals surface area contributed by atoms with Crippen LogP contribution < -0.4 is 0 Å². The van der Waals surface area contributed by atoms with Crippen molar-refractivity contribution in [3.8, 4) is 11.5 Å². The van der Waals surface area contributed by atoms with Crippen LogP contribution in [0, 0.1) is 13.8 Å². The number of hydrogen-bond acceptors (Lipinski definition) is 5. The van der Waals surface area contributed by atoms with Crippen LogP contribution in [0.2, 0.25) is 5.15 Å². The Labute approximate surface area is 106 Å². The molecule has 0 unspecified atom stereocenters. The highest BCUT2D eigenvalue weighted by Crippen LogP contribution is 2.23. The van der Waals surface area contributed by atoms with Crippen molar-refractivity contribution in [2.45, 2.75) is 13.8 Å². The quantitative estimate of drug-likeness (QED) is 0.678. The van der Waals surface area contributed by atoms with Crippen LogP contribution in [-0.2, 0) is 0 Å². The first-order chi connectivity index (χ1) is 8.18. The minimum atomic E-state index is 0.363. The number of aromatic nitrogens is 5. The lowest BCUT2D eigenvalue weighted by atomic mass is 10.3. The molecular weight excluding hydrogens is 258 g/mol. The Hall–Kier alpha value is -1.53. The number of fused-ring (bicyclic) bond motifs is 1. The first-order valence-corrected chi connectivity index (χ1v) is 6.27.